The van der Waals surface area contributed by atoms with E-state index in [1.807, 2.05) is 35.9 Å². The lowest BCUT2D eigenvalue weighted by Gasteiger charge is -2.16. The fourth-order valence-electron chi connectivity index (χ4n) is 3.06. The highest BCUT2D eigenvalue weighted by atomic mass is 16.1. The Labute approximate surface area is 134 Å². The Balaban J connectivity index is 1.61. The van der Waals surface area contributed by atoms with E-state index < -0.39 is 0 Å². The number of imidazole rings is 1. The molecular formula is C17H19N5O. The maximum Gasteiger partial charge on any atom is 0.269 e. The van der Waals surface area contributed by atoms with E-state index in [1.165, 1.54) is 23.1 Å². The second-order valence-electron chi connectivity index (χ2n) is 6.11. The van der Waals surface area contributed by atoms with E-state index in [0.717, 1.165) is 30.1 Å². The molecule has 1 fully saturated rings. The number of fused-ring (bicyclic) bond motifs is 1. The third kappa shape index (κ3) is 2.72. The number of aryl methyl sites for hydroxylation is 1. The van der Waals surface area contributed by atoms with Crippen LogP contribution in [0.25, 0.3) is 5.65 Å². The first-order valence-electron chi connectivity index (χ1n) is 7.95. The fourth-order valence-corrected chi connectivity index (χ4v) is 3.06. The zero-order valence-corrected chi connectivity index (χ0v) is 13.1. The van der Waals surface area contributed by atoms with Crippen molar-refractivity contribution in [1.82, 2.24) is 19.2 Å². The molecule has 1 aliphatic rings. The maximum atomic E-state index is 12.3. The van der Waals surface area contributed by atoms with Crippen molar-refractivity contribution in [3.8, 4) is 0 Å². The van der Waals surface area contributed by atoms with Gasteiger partial charge in [0.25, 0.3) is 5.56 Å². The van der Waals surface area contributed by atoms with E-state index in [2.05, 4.69) is 15.0 Å². The van der Waals surface area contributed by atoms with E-state index in [4.69, 9.17) is 0 Å². The third-order valence-corrected chi connectivity index (χ3v) is 4.30. The van der Waals surface area contributed by atoms with Crippen LogP contribution < -0.4 is 10.5 Å². The summed E-state index contributed by atoms with van der Waals surface area (Å²) in [4.78, 5) is 19.1. The highest BCUT2D eigenvalue weighted by Crippen LogP contribution is 2.17. The Hall–Kier alpha value is -2.63. The van der Waals surface area contributed by atoms with Gasteiger partial charge < -0.3 is 9.30 Å². The molecule has 6 nitrogen and oxygen atoms in total. The fraction of sp³-hybridized carbons (Fsp3) is 0.353. The lowest BCUT2D eigenvalue weighted by Crippen LogP contribution is -2.26. The summed E-state index contributed by atoms with van der Waals surface area (Å²) in [5.74, 6) is 0. The van der Waals surface area contributed by atoms with Gasteiger partial charge in [0.05, 0.1) is 24.1 Å². The molecular weight excluding hydrogens is 290 g/mol. The minimum absolute atomic E-state index is 0.0809. The molecule has 0 spiro atoms. The van der Waals surface area contributed by atoms with E-state index in [0.29, 0.717) is 6.54 Å². The zero-order valence-electron chi connectivity index (χ0n) is 13.1. The van der Waals surface area contributed by atoms with E-state index in [-0.39, 0.29) is 5.56 Å². The van der Waals surface area contributed by atoms with Gasteiger partial charge in [-0.1, -0.05) is 0 Å². The summed E-state index contributed by atoms with van der Waals surface area (Å²) in [6, 6.07) is 5.74. The molecule has 1 aliphatic heterocycles. The van der Waals surface area contributed by atoms with Crippen LogP contribution in [-0.2, 0) is 6.54 Å². The molecule has 6 heteroatoms. The lowest BCUT2D eigenvalue weighted by molar-refractivity contribution is 0.629. The molecule has 0 saturated carbocycles. The van der Waals surface area contributed by atoms with Gasteiger partial charge in [-0.25, -0.2) is 9.67 Å². The van der Waals surface area contributed by atoms with Gasteiger partial charge in [0.1, 0.15) is 5.65 Å². The van der Waals surface area contributed by atoms with Gasteiger partial charge in [0.2, 0.25) is 0 Å². The summed E-state index contributed by atoms with van der Waals surface area (Å²) >= 11 is 0. The largest absolute Gasteiger partial charge is 0.370 e. The van der Waals surface area contributed by atoms with Gasteiger partial charge in [0.15, 0.2) is 0 Å². The van der Waals surface area contributed by atoms with Gasteiger partial charge in [-0.3, -0.25) is 4.79 Å². The predicted molar refractivity (Wildman–Crippen MR) is 89.0 cm³/mol. The van der Waals surface area contributed by atoms with Crippen molar-refractivity contribution < 1.29 is 0 Å². The lowest BCUT2D eigenvalue weighted by atomic mass is 10.3. The van der Waals surface area contributed by atoms with E-state index in [9.17, 15) is 4.79 Å². The van der Waals surface area contributed by atoms with Gasteiger partial charge >= 0.3 is 0 Å². The second-order valence-corrected chi connectivity index (χ2v) is 6.11. The number of hydrogen-bond donors (Lipinski definition) is 0. The van der Waals surface area contributed by atoms with Crippen LogP contribution in [0.5, 0.6) is 0 Å². The Morgan fingerprint density at radius 1 is 1.22 bits per heavy atom. The Bertz CT molecular complexity index is 905. The summed E-state index contributed by atoms with van der Waals surface area (Å²) < 4.78 is 3.43. The summed E-state index contributed by atoms with van der Waals surface area (Å²) in [5, 5.41) is 4.32. The van der Waals surface area contributed by atoms with Crippen LogP contribution in [0.2, 0.25) is 0 Å². The molecule has 0 aliphatic carbocycles. The first-order chi connectivity index (χ1) is 11.2. The van der Waals surface area contributed by atoms with Crippen LogP contribution in [0.4, 0.5) is 5.69 Å². The molecule has 0 N–H and O–H groups in total. The number of anilines is 1. The van der Waals surface area contributed by atoms with Crippen molar-refractivity contribution in [3.05, 3.63) is 58.4 Å². The molecule has 23 heavy (non-hydrogen) atoms. The zero-order chi connectivity index (χ0) is 15.8. The standard InChI is InChI=1S/C17H19N5O/c1-13-4-7-21-11-14(19-16(21)8-13)12-22-17(23)9-15(10-18-22)20-5-2-3-6-20/h4,7-11H,2-3,5-6,12H2,1H3. The normalized spacial score (nSPS) is 14.7. The molecule has 3 aromatic rings. The molecule has 3 aromatic heterocycles. The number of aromatic nitrogens is 4. The molecule has 4 rings (SSSR count). The quantitative estimate of drug-likeness (QED) is 0.741. The number of hydrogen-bond acceptors (Lipinski definition) is 4. The van der Waals surface area contributed by atoms with Crippen molar-refractivity contribution in [2.24, 2.45) is 0 Å². The first kappa shape index (κ1) is 14.0. The van der Waals surface area contributed by atoms with Crippen LogP contribution in [0.3, 0.4) is 0 Å². The highest BCUT2D eigenvalue weighted by molar-refractivity contribution is 5.44. The number of nitrogens with zero attached hydrogens (tertiary/aromatic N) is 5. The van der Waals surface area contributed by atoms with Crippen molar-refractivity contribution in [3.63, 3.8) is 0 Å². The molecule has 1 saturated heterocycles. The van der Waals surface area contributed by atoms with Crippen molar-refractivity contribution >= 4 is 11.3 Å². The maximum absolute atomic E-state index is 12.3. The van der Waals surface area contributed by atoms with Crippen LogP contribution in [0, 0.1) is 6.92 Å². The monoisotopic (exact) mass is 309 g/mol. The summed E-state index contributed by atoms with van der Waals surface area (Å²) in [7, 11) is 0. The summed E-state index contributed by atoms with van der Waals surface area (Å²) in [6.07, 6.45) is 8.07. The van der Waals surface area contributed by atoms with Crippen LogP contribution >= 0.6 is 0 Å². The summed E-state index contributed by atoms with van der Waals surface area (Å²) in [6.45, 7) is 4.45. The van der Waals surface area contributed by atoms with Crippen LogP contribution in [0.15, 0.2) is 41.6 Å². The minimum atomic E-state index is -0.0809. The Kier molecular flexibility index (Phi) is 3.37. The minimum Gasteiger partial charge on any atom is -0.370 e. The topological polar surface area (TPSA) is 55.4 Å². The molecule has 0 unspecified atom stereocenters. The van der Waals surface area contributed by atoms with Gasteiger partial charge in [0, 0.05) is 31.5 Å². The highest BCUT2D eigenvalue weighted by Gasteiger charge is 2.14. The number of rotatable bonds is 3. The molecule has 4 heterocycles. The molecule has 0 atom stereocenters. The number of pyridine rings is 1. The second kappa shape index (κ2) is 5.53. The molecule has 0 aromatic carbocycles. The summed E-state index contributed by atoms with van der Waals surface area (Å²) in [5.41, 5.74) is 3.73. The Morgan fingerprint density at radius 3 is 2.83 bits per heavy atom. The predicted octanol–water partition coefficient (Wildman–Crippen LogP) is 1.85. The van der Waals surface area contributed by atoms with Gasteiger partial charge in [-0.05, 0) is 37.5 Å². The van der Waals surface area contributed by atoms with Gasteiger partial charge in [-0.15, -0.1) is 0 Å². The molecule has 0 amide bonds. The third-order valence-electron chi connectivity index (χ3n) is 4.30. The first-order valence-corrected chi connectivity index (χ1v) is 7.95. The van der Waals surface area contributed by atoms with Crippen molar-refractivity contribution in [2.75, 3.05) is 18.0 Å². The van der Waals surface area contributed by atoms with Gasteiger partial charge in [-0.2, -0.15) is 5.10 Å². The van der Waals surface area contributed by atoms with Crippen LogP contribution in [0.1, 0.15) is 24.1 Å². The van der Waals surface area contributed by atoms with Crippen molar-refractivity contribution in [2.45, 2.75) is 26.3 Å². The average Bonchev–Trinajstić information content (AvgIpc) is 3.18. The SMILES string of the molecule is Cc1ccn2cc(Cn3ncc(N4CCCC4)cc3=O)nc2c1. The molecule has 0 radical (unpaired) electrons. The van der Waals surface area contributed by atoms with E-state index in [1.54, 1.807) is 12.3 Å². The average molecular weight is 309 g/mol. The van der Waals surface area contributed by atoms with E-state index >= 15 is 0 Å². The smallest absolute Gasteiger partial charge is 0.269 e. The van der Waals surface area contributed by atoms with Crippen molar-refractivity contribution in [1.29, 1.82) is 0 Å². The molecule has 118 valence electrons. The Morgan fingerprint density at radius 2 is 2.04 bits per heavy atom. The molecule has 0 bridgehead atoms. The van der Waals surface area contributed by atoms with Crippen LogP contribution in [-0.4, -0.2) is 32.3 Å².